The monoisotopic (exact) mass is 221 g/mol. The Morgan fingerprint density at radius 3 is 2.88 bits per heavy atom. The number of aromatic nitrogens is 3. The molecule has 0 unspecified atom stereocenters. The fourth-order valence-electron chi connectivity index (χ4n) is 1.23. The van der Waals surface area contributed by atoms with Gasteiger partial charge in [-0.15, -0.1) is 4.98 Å². The number of H-pyrrole nitrogens is 1. The SMILES string of the molecule is COc1nc(-c2cccc(F)c2)[nH]c(=O)n1. The molecule has 16 heavy (non-hydrogen) atoms. The summed E-state index contributed by atoms with van der Waals surface area (Å²) in [7, 11) is 1.35. The molecule has 0 fully saturated rings. The van der Waals surface area contributed by atoms with Crippen LogP contribution in [-0.2, 0) is 0 Å². The van der Waals surface area contributed by atoms with Gasteiger partial charge in [-0.1, -0.05) is 12.1 Å². The Labute approximate surface area is 90.0 Å². The first-order valence-electron chi connectivity index (χ1n) is 4.47. The van der Waals surface area contributed by atoms with Crippen molar-refractivity contribution in [1.82, 2.24) is 15.0 Å². The minimum Gasteiger partial charge on any atom is -0.467 e. The Kier molecular flexibility index (Phi) is 2.63. The Hall–Kier alpha value is -2.24. The number of halogens is 1. The zero-order valence-electron chi connectivity index (χ0n) is 8.40. The first-order chi connectivity index (χ1) is 7.69. The molecule has 0 amide bonds. The quantitative estimate of drug-likeness (QED) is 0.820. The molecule has 2 aromatic rings. The topological polar surface area (TPSA) is 67.9 Å². The Bertz CT molecular complexity index is 568. The van der Waals surface area contributed by atoms with Gasteiger partial charge >= 0.3 is 11.7 Å². The van der Waals surface area contributed by atoms with Crippen LogP contribution in [0.5, 0.6) is 6.01 Å². The van der Waals surface area contributed by atoms with Gasteiger partial charge in [0.2, 0.25) is 0 Å². The van der Waals surface area contributed by atoms with Crippen molar-refractivity contribution in [2.24, 2.45) is 0 Å². The van der Waals surface area contributed by atoms with Gasteiger partial charge in [-0.05, 0) is 12.1 Å². The summed E-state index contributed by atoms with van der Waals surface area (Å²) < 4.78 is 17.7. The molecule has 1 aromatic heterocycles. The second-order valence-corrected chi connectivity index (χ2v) is 3.00. The van der Waals surface area contributed by atoms with Crippen molar-refractivity contribution >= 4 is 0 Å². The number of hydrogen-bond donors (Lipinski definition) is 1. The van der Waals surface area contributed by atoms with Crippen LogP contribution in [0.15, 0.2) is 29.1 Å². The molecule has 1 heterocycles. The van der Waals surface area contributed by atoms with Crippen LogP contribution in [0.25, 0.3) is 11.4 Å². The van der Waals surface area contributed by atoms with Crippen molar-refractivity contribution in [1.29, 1.82) is 0 Å². The third-order valence-electron chi connectivity index (χ3n) is 1.91. The van der Waals surface area contributed by atoms with Crippen LogP contribution >= 0.6 is 0 Å². The summed E-state index contributed by atoms with van der Waals surface area (Å²) in [5, 5.41) is 0. The van der Waals surface area contributed by atoms with E-state index < -0.39 is 11.5 Å². The number of aromatic amines is 1. The van der Waals surface area contributed by atoms with Crippen LogP contribution in [0.3, 0.4) is 0 Å². The number of hydrogen-bond acceptors (Lipinski definition) is 4. The van der Waals surface area contributed by atoms with Gasteiger partial charge in [0, 0.05) is 5.56 Å². The van der Waals surface area contributed by atoms with Crippen LogP contribution in [0.4, 0.5) is 4.39 Å². The highest BCUT2D eigenvalue weighted by atomic mass is 19.1. The molecule has 0 atom stereocenters. The first-order valence-corrected chi connectivity index (χ1v) is 4.47. The van der Waals surface area contributed by atoms with Gasteiger partial charge in [0.1, 0.15) is 11.6 Å². The molecule has 1 aromatic carbocycles. The predicted molar refractivity (Wildman–Crippen MR) is 54.6 cm³/mol. The molecule has 0 radical (unpaired) electrons. The minimum atomic E-state index is -0.592. The van der Waals surface area contributed by atoms with E-state index in [1.165, 1.54) is 25.3 Å². The van der Waals surface area contributed by atoms with E-state index in [4.69, 9.17) is 4.74 Å². The third kappa shape index (κ3) is 2.05. The number of benzene rings is 1. The van der Waals surface area contributed by atoms with Crippen LogP contribution in [0, 0.1) is 5.82 Å². The number of methoxy groups -OCH3 is 1. The fraction of sp³-hybridized carbons (Fsp3) is 0.100. The predicted octanol–water partition coefficient (Wildman–Crippen LogP) is 0.980. The van der Waals surface area contributed by atoms with E-state index in [0.717, 1.165) is 0 Å². The zero-order chi connectivity index (χ0) is 11.5. The van der Waals surface area contributed by atoms with Crippen molar-refractivity contribution in [2.75, 3.05) is 7.11 Å². The number of nitrogens with zero attached hydrogens (tertiary/aromatic N) is 2. The molecule has 0 aliphatic carbocycles. The maximum atomic E-state index is 13.0. The highest BCUT2D eigenvalue weighted by molar-refractivity contribution is 5.54. The number of nitrogens with one attached hydrogen (secondary N) is 1. The summed E-state index contributed by atoms with van der Waals surface area (Å²) in [5.74, 6) is -0.188. The molecule has 0 saturated heterocycles. The number of ether oxygens (including phenoxy) is 1. The molecule has 5 nitrogen and oxygen atoms in total. The molecular formula is C10H8FN3O2. The lowest BCUT2D eigenvalue weighted by Crippen LogP contribution is -2.14. The highest BCUT2D eigenvalue weighted by Crippen LogP contribution is 2.15. The van der Waals surface area contributed by atoms with Crippen molar-refractivity contribution < 1.29 is 9.13 Å². The molecule has 82 valence electrons. The van der Waals surface area contributed by atoms with E-state index in [2.05, 4.69) is 15.0 Å². The maximum absolute atomic E-state index is 13.0. The largest absolute Gasteiger partial charge is 0.467 e. The Balaban J connectivity index is 2.55. The molecular weight excluding hydrogens is 213 g/mol. The van der Waals surface area contributed by atoms with E-state index in [1.807, 2.05) is 0 Å². The lowest BCUT2D eigenvalue weighted by Gasteiger charge is -2.02. The Morgan fingerprint density at radius 2 is 2.19 bits per heavy atom. The van der Waals surface area contributed by atoms with Gasteiger partial charge < -0.3 is 4.74 Å². The molecule has 2 rings (SSSR count). The Morgan fingerprint density at radius 1 is 1.38 bits per heavy atom. The van der Waals surface area contributed by atoms with E-state index in [0.29, 0.717) is 5.56 Å². The van der Waals surface area contributed by atoms with Gasteiger partial charge in [-0.2, -0.15) is 4.98 Å². The minimum absolute atomic E-state index is 0.0528. The molecule has 1 N–H and O–H groups in total. The van der Waals surface area contributed by atoms with Crippen molar-refractivity contribution in [2.45, 2.75) is 0 Å². The molecule has 0 saturated carbocycles. The normalized spacial score (nSPS) is 10.1. The third-order valence-corrected chi connectivity index (χ3v) is 1.91. The summed E-state index contributed by atoms with van der Waals surface area (Å²) in [6, 6.07) is 5.67. The first kappa shape index (κ1) is 10.3. The molecule has 0 aliphatic rings. The van der Waals surface area contributed by atoms with E-state index >= 15 is 0 Å². The summed E-state index contributed by atoms with van der Waals surface area (Å²) >= 11 is 0. The van der Waals surface area contributed by atoms with E-state index in [-0.39, 0.29) is 11.8 Å². The maximum Gasteiger partial charge on any atom is 0.351 e. The van der Waals surface area contributed by atoms with Crippen LogP contribution < -0.4 is 10.4 Å². The highest BCUT2D eigenvalue weighted by Gasteiger charge is 2.05. The fourth-order valence-corrected chi connectivity index (χ4v) is 1.23. The molecule has 0 bridgehead atoms. The smallest absolute Gasteiger partial charge is 0.351 e. The molecule has 0 spiro atoms. The van der Waals surface area contributed by atoms with Gasteiger partial charge in [0.15, 0.2) is 0 Å². The second kappa shape index (κ2) is 4.09. The van der Waals surface area contributed by atoms with Crippen LogP contribution in [-0.4, -0.2) is 22.1 Å². The average Bonchev–Trinajstić information content (AvgIpc) is 2.28. The molecule has 0 aliphatic heterocycles. The van der Waals surface area contributed by atoms with Gasteiger partial charge in [0.05, 0.1) is 7.11 Å². The average molecular weight is 221 g/mol. The van der Waals surface area contributed by atoms with Gasteiger partial charge in [0.25, 0.3) is 0 Å². The molecule has 6 heteroatoms. The van der Waals surface area contributed by atoms with E-state index in [9.17, 15) is 9.18 Å². The van der Waals surface area contributed by atoms with Crippen molar-refractivity contribution in [3.8, 4) is 17.4 Å². The summed E-state index contributed by atoms with van der Waals surface area (Å²) in [6.07, 6.45) is 0. The van der Waals surface area contributed by atoms with Gasteiger partial charge in [-0.3, -0.25) is 4.98 Å². The number of rotatable bonds is 2. The summed E-state index contributed by atoms with van der Waals surface area (Å²) in [6.45, 7) is 0. The standard InChI is InChI=1S/C10H8FN3O2/c1-16-10-13-8(12-9(15)14-10)6-3-2-4-7(11)5-6/h2-5H,1H3,(H,12,13,14,15). The van der Waals surface area contributed by atoms with Gasteiger partial charge in [-0.25, -0.2) is 9.18 Å². The summed E-state index contributed by atoms with van der Waals surface area (Å²) in [5.41, 5.74) is -0.135. The zero-order valence-corrected chi connectivity index (χ0v) is 8.40. The van der Waals surface area contributed by atoms with Crippen LogP contribution in [0.2, 0.25) is 0 Å². The van der Waals surface area contributed by atoms with Crippen LogP contribution in [0.1, 0.15) is 0 Å². The second-order valence-electron chi connectivity index (χ2n) is 3.00. The van der Waals surface area contributed by atoms with Crippen molar-refractivity contribution in [3.05, 3.63) is 40.6 Å². The van der Waals surface area contributed by atoms with E-state index in [1.54, 1.807) is 6.07 Å². The summed E-state index contributed by atoms with van der Waals surface area (Å²) in [4.78, 5) is 20.9. The lowest BCUT2D eigenvalue weighted by atomic mass is 10.2. The lowest BCUT2D eigenvalue weighted by molar-refractivity contribution is 0.377. The van der Waals surface area contributed by atoms with Crippen molar-refractivity contribution in [3.63, 3.8) is 0 Å².